The predicted octanol–water partition coefficient (Wildman–Crippen LogP) is 2.85. The standard InChI is InChI=1S/C11H18N/c1-2-4-10(5-3-1)11-6-8-12-9-7-11/h6,8-12H,1-5,7H2. The monoisotopic (exact) mass is 164 g/mol. The first-order valence-electron chi connectivity index (χ1n) is 5.21. The van der Waals surface area contributed by atoms with Crippen LogP contribution in [-0.4, -0.2) is 0 Å². The summed E-state index contributed by atoms with van der Waals surface area (Å²) < 4.78 is 0. The maximum absolute atomic E-state index is 3.15. The van der Waals surface area contributed by atoms with Gasteiger partial charge in [-0.3, -0.25) is 0 Å². The molecular formula is C11H18N. The Labute approximate surface area is 75.2 Å². The topological polar surface area (TPSA) is 12.0 Å². The Bertz CT molecular complexity index is 156. The van der Waals surface area contributed by atoms with Gasteiger partial charge in [-0.2, -0.15) is 0 Å². The van der Waals surface area contributed by atoms with Gasteiger partial charge >= 0.3 is 0 Å². The van der Waals surface area contributed by atoms with Gasteiger partial charge in [0.15, 0.2) is 0 Å². The van der Waals surface area contributed by atoms with Crippen LogP contribution in [0.25, 0.3) is 0 Å². The quantitative estimate of drug-likeness (QED) is 0.628. The normalized spacial score (nSPS) is 31.5. The smallest absolute Gasteiger partial charge is 0.0462 e. The molecule has 1 N–H and O–H groups in total. The molecule has 2 aliphatic rings. The van der Waals surface area contributed by atoms with Crippen molar-refractivity contribution >= 4 is 0 Å². The summed E-state index contributed by atoms with van der Waals surface area (Å²) in [4.78, 5) is 0. The number of hydrogen-bond acceptors (Lipinski definition) is 1. The van der Waals surface area contributed by atoms with Gasteiger partial charge in [-0.05, 0) is 37.3 Å². The maximum atomic E-state index is 3.15. The summed E-state index contributed by atoms with van der Waals surface area (Å²) >= 11 is 0. The van der Waals surface area contributed by atoms with Crippen LogP contribution in [0, 0.1) is 18.4 Å². The van der Waals surface area contributed by atoms with Crippen LogP contribution < -0.4 is 5.32 Å². The molecule has 1 heteroatoms. The SMILES string of the molecule is [CH]1CC(C2CCCCC2)C=CN1. The molecule has 1 fully saturated rings. The minimum Gasteiger partial charge on any atom is -0.386 e. The molecule has 0 aromatic rings. The van der Waals surface area contributed by atoms with E-state index < -0.39 is 0 Å². The first-order valence-corrected chi connectivity index (χ1v) is 5.21. The van der Waals surface area contributed by atoms with Crippen LogP contribution in [0.4, 0.5) is 0 Å². The lowest BCUT2D eigenvalue weighted by molar-refractivity contribution is 0.278. The van der Waals surface area contributed by atoms with Gasteiger partial charge in [0, 0.05) is 6.54 Å². The molecule has 0 aromatic carbocycles. The van der Waals surface area contributed by atoms with Crippen LogP contribution in [0.5, 0.6) is 0 Å². The van der Waals surface area contributed by atoms with Crippen LogP contribution in [0.2, 0.25) is 0 Å². The lowest BCUT2D eigenvalue weighted by Crippen LogP contribution is -2.21. The molecule has 0 spiro atoms. The Morgan fingerprint density at radius 2 is 1.92 bits per heavy atom. The van der Waals surface area contributed by atoms with Crippen molar-refractivity contribution in [3.8, 4) is 0 Å². The third-order valence-corrected chi connectivity index (χ3v) is 3.20. The summed E-state index contributed by atoms with van der Waals surface area (Å²) in [6.07, 6.45) is 13.0. The second kappa shape index (κ2) is 3.97. The van der Waals surface area contributed by atoms with Gasteiger partial charge < -0.3 is 5.32 Å². The summed E-state index contributed by atoms with van der Waals surface area (Å²) in [5.74, 6) is 1.82. The Morgan fingerprint density at radius 3 is 2.58 bits per heavy atom. The van der Waals surface area contributed by atoms with Gasteiger partial charge in [0.25, 0.3) is 0 Å². The molecule has 1 saturated carbocycles. The van der Waals surface area contributed by atoms with Crippen molar-refractivity contribution in [3.05, 3.63) is 18.8 Å². The van der Waals surface area contributed by atoms with Crippen molar-refractivity contribution in [3.63, 3.8) is 0 Å². The minimum absolute atomic E-state index is 0.839. The molecule has 0 aromatic heterocycles. The van der Waals surface area contributed by atoms with Gasteiger partial charge in [-0.25, -0.2) is 0 Å². The molecule has 1 heterocycles. The van der Waals surface area contributed by atoms with E-state index in [4.69, 9.17) is 0 Å². The molecule has 0 bridgehead atoms. The van der Waals surface area contributed by atoms with Crippen LogP contribution in [0.1, 0.15) is 38.5 Å². The van der Waals surface area contributed by atoms with Crippen molar-refractivity contribution in [1.29, 1.82) is 0 Å². The molecule has 12 heavy (non-hydrogen) atoms. The lowest BCUT2D eigenvalue weighted by atomic mass is 9.78. The molecular weight excluding hydrogens is 146 g/mol. The summed E-state index contributed by atoms with van der Waals surface area (Å²) in [7, 11) is 0. The summed E-state index contributed by atoms with van der Waals surface area (Å²) in [6, 6.07) is 0. The lowest BCUT2D eigenvalue weighted by Gasteiger charge is -2.29. The van der Waals surface area contributed by atoms with Gasteiger partial charge in [-0.15, -0.1) is 0 Å². The zero-order chi connectivity index (χ0) is 8.23. The molecule has 67 valence electrons. The zero-order valence-corrected chi connectivity index (χ0v) is 7.63. The van der Waals surface area contributed by atoms with E-state index in [9.17, 15) is 0 Å². The highest BCUT2D eigenvalue weighted by Crippen LogP contribution is 2.33. The van der Waals surface area contributed by atoms with Crippen LogP contribution in [0.15, 0.2) is 12.3 Å². The largest absolute Gasteiger partial charge is 0.386 e. The summed E-state index contributed by atoms with van der Waals surface area (Å²) in [6.45, 7) is 2.19. The first-order chi connectivity index (χ1) is 5.97. The van der Waals surface area contributed by atoms with E-state index in [1.165, 1.54) is 38.5 Å². The maximum Gasteiger partial charge on any atom is 0.0462 e. The number of rotatable bonds is 1. The van der Waals surface area contributed by atoms with E-state index in [0.29, 0.717) is 0 Å². The molecule has 2 rings (SSSR count). The van der Waals surface area contributed by atoms with Gasteiger partial charge in [0.2, 0.25) is 0 Å². The van der Waals surface area contributed by atoms with Gasteiger partial charge in [0.1, 0.15) is 0 Å². The third-order valence-electron chi connectivity index (χ3n) is 3.20. The van der Waals surface area contributed by atoms with Crippen molar-refractivity contribution in [2.75, 3.05) is 0 Å². The second-order valence-corrected chi connectivity index (χ2v) is 4.03. The first kappa shape index (κ1) is 8.15. The van der Waals surface area contributed by atoms with Crippen LogP contribution in [0.3, 0.4) is 0 Å². The highest BCUT2D eigenvalue weighted by atomic mass is 14.8. The predicted molar refractivity (Wildman–Crippen MR) is 51.3 cm³/mol. The molecule has 1 aliphatic heterocycles. The van der Waals surface area contributed by atoms with Gasteiger partial charge in [0.05, 0.1) is 0 Å². The number of allylic oxidation sites excluding steroid dienone is 1. The minimum atomic E-state index is 0.839. The second-order valence-electron chi connectivity index (χ2n) is 4.03. The fourth-order valence-electron chi connectivity index (χ4n) is 2.44. The van der Waals surface area contributed by atoms with E-state index in [2.05, 4.69) is 24.1 Å². The molecule has 1 radical (unpaired) electrons. The Kier molecular flexibility index (Phi) is 2.70. The van der Waals surface area contributed by atoms with Crippen molar-refractivity contribution < 1.29 is 0 Å². The summed E-state index contributed by atoms with van der Waals surface area (Å²) in [5, 5.41) is 3.15. The Morgan fingerprint density at radius 1 is 1.08 bits per heavy atom. The summed E-state index contributed by atoms with van der Waals surface area (Å²) in [5.41, 5.74) is 0. The van der Waals surface area contributed by atoms with Crippen molar-refractivity contribution in [1.82, 2.24) is 5.32 Å². The van der Waals surface area contributed by atoms with E-state index in [-0.39, 0.29) is 0 Å². The third kappa shape index (κ3) is 1.82. The van der Waals surface area contributed by atoms with Crippen molar-refractivity contribution in [2.24, 2.45) is 11.8 Å². The van der Waals surface area contributed by atoms with E-state index in [1.807, 2.05) is 0 Å². The molecule has 1 unspecified atom stereocenters. The van der Waals surface area contributed by atoms with Crippen LogP contribution >= 0.6 is 0 Å². The van der Waals surface area contributed by atoms with Crippen molar-refractivity contribution in [2.45, 2.75) is 38.5 Å². The fraction of sp³-hybridized carbons (Fsp3) is 0.727. The molecule has 0 saturated heterocycles. The molecule has 1 atom stereocenters. The van der Waals surface area contributed by atoms with E-state index in [1.54, 1.807) is 0 Å². The van der Waals surface area contributed by atoms with E-state index in [0.717, 1.165) is 11.8 Å². The average molecular weight is 164 g/mol. The highest BCUT2D eigenvalue weighted by Gasteiger charge is 2.22. The van der Waals surface area contributed by atoms with Crippen LogP contribution in [-0.2, 0) is 0 Å². The fourth-order valence-corrected chi connectivity index (χ4v) is 2.44. The van der Waals surface area contributed by atoms with E-state index >= 15 is 0 Å². The molecule has 0 amide bonds. The Balaban J connectivity index is 1.88. The molecule has 1 nitrogen and oxygen atoms in total. The molecule has 1 aliphatic carbocycles. The van der Waals surface area contributed by atoms with Gasteiger partial charge in [-0.1, -0.05) is 25.3 Å². The number of hydrogen-bond donors (Lipinski definition) is 1. The Hall–Kier alpha value is -0.460. The average Bonchev–Trinajstić information content (AvgIpc) is 2.21. The number of nitrogens with one attached hydrogen (secondary N) is 1. The highest BCUT2D eigenvalue weighted by molar-refractivity contribution is 4.99. The zero-order valence-electron chi connectivity index (χ0n) is 7.63.